The van der Waals surface area contributed by atoms with Gasteiger partial charge in [0, 0.05) is 70.3 Å². The first-order chi connectivity index (χ1) is 23.3. The molecule has 0 spiro atoms. The number of alkyl halides is 3. The molecule has 2 N–H and O–H groups in total. The maximum Gasteiger partial charge on any atom is 0.401 e. The molecular weight excluding hydrogens is 722 g/mol. The van der Waals surface area contributed by atoms with E-state index >= 15 is 0 Å². The Hall–Kier alpha value is -3.27. The van der Waals surface area contributed by atoms with Gasteiger partial charge in [-0.05, 0) is 36.6 Å². The summed E-state index contributed by atoms with van der Waals surface area (Å²) >= 11 is 16.1. The average molecular weight is 755 g/mol. The number of nitrogens with one attached hydrogen (secondary N) is 1. The van der Waals surface area contributed by atoms with Crippen molar-refractivity contribution in [2.75, 3.05) is 44.6 Å². The SMILES string of the molecule is O=C(O)CCc1cnc(C2C[C@H](N3CCN(CC(F)(F)F)CC3)CN2C(=O)Cc2cc(Cl)c(NC(=O)c3csc4ccccc34)cc2Cl)s1. The van der Waals surface area contributed by atoms with Gasteiger partial charge in [-0.15, -0.1) is 22.7 Å². The fourth-order valence-electron chi connectivity index (χ4n) is 6.38. The van der Waals surface area contributed by atoms with E-state index < -0.39 is 24.7 Å². The number of aryl methyl sites for hydroxylation is 1. The monoisotopic (exact) mass is 753 g/mol. The number of piperazine rings is 1. The van der Waals surface area contributed by atoms with Gasteiger partial charge >= 0.3 is 12.1 Å². The van der Waals surface area contributed by atoms with Crippen molar-refractivity contribution in [1.82, 2.24) is 19.7 Å². The van der Waals surface area contributed by atoms with Crippen molar-refractivity contribution in [1.29, 1.82) is 0 Å². The van der Waals surface area contributed by atoms with Crippen LogP contribution < -0.4 is 5.32 Å². The quantitative estimate of drug-likeness (QED) is 0.180. The van der Waals surface area contributed by atoms with Crippen LogP contribution in [0.15, 0.2) is 48.0 Å². The maximum absolute atomic E-state index is 14.0. The first kappa shape index (κ1) is 35.6. The summed E-state index contributed by atoms with van der Waals surface area (Å²) in [6.07, 6.45) is -1.90. The molecule has 2 aromatic heterocycles. The van der Waals surface area contributed by atoms with Gasteiger partial charge in [0.2, 0.25) is 5.91 Å². The van der Waals surface area contributed by atoms with Crippen LogP contribution in [0.5, 0.6) is 0 Å². The number of hydrogen-bond acceptors (Lipinski definition) is 8. The maximum atomic E-state index is 14.0. The van der Waals surface area contributed by atoms with E-state index in [0.717, 1.165) is 15.0 Å². The Morgan fingerprint density at radius 1 is 1.06 bits per heavy atom. The van der Waals surface area contributed by atoms with E-state index in [1.807, 2.05) is 24.3 Å². The van der Waals surface area contributed by atoms with Crippen LogP contribution in [0.25, 0.3) is 10.1 Å². The van der Waals surface area contributed by atoms with Crippen molar-refractivity contribution in [2.24, 2.45) is 0 Å². The largest absolute Gasteiger partial charge is 0.481 e. The van der Waals surface area contributed by atoms with Crippen LogP contribution in [0.4, 0.5) is 18.9 Å². The number of rotatable bonds is 10. The third-order valence-corrected chi connectivity index (χ3v) is 11.6. The molecule has 4 heterocycles. The van der Waals surface area contributed by atoms with Gasteiger partial charge in [0.25, 0.3) is 5.91 Å². The van der Waals surface area contributed by atoms with Crippen LogP contribution in [-0.4, -0.2) is 94.1 Å². The second-order valence-corrected chi connectivity index (χ2v) is 15.0. The van der Waals surface area contributed by atoms with Crippen molar-refractivity contribution in [3.05, 3.63) is 79.0 Å². The molecule has 16 heteroatoms. The Morgan fingerprint density at radius 3 is 2.55 bits per heavy atom. The van der Waals surface area contributed by atoms with Crippen LogP contribution >= 0.6 is 45.9 Å². The zero-order chi connectivity index (χ0) is 34.9. The summed E-state index contributed by atoms with van der Waals surface area (Å²) in [5.74, 6) is -1.49. The summed E-state index contributed by atoms with van der Waals surface area (Å²) in [4.78, 5) is 48.8. The summed E-state index contributed by atoms with van der Waals surface area (Å²) in [6.45, 7) is 0.810. The van der Waals surface area contributed by atoms with Gasteiger partial charge in [0.05, 0.1) is 41.7 Å². The van der Waals surface area contributed by atoms with E-state index in [1.54, 1.807) is 22.5 Å². The molecule has 0 bridgehead atoms. The lowest BCUT2D eigenvalue weighted by molar-refractivity contribution is -0.150. The van der Waals surface area contributed by atoms with Gasteiger partial charge in [0.15, 0.2) is 0 Å². The molecule has 2 fully saturated rings. The lowest BCUT2D eigenvalue weighted by Gasteiger charge is -2.38. The molecule has 2 atom stereocenters. The summed E-state index contributed by atoms with van der Waals surface area (Å²) in [5.41, 5.74) is 1.29. The number of aliphatic carboxylic acids is 1. The highest BCUT2D eigenvalue weighted by Gasteiger charge is 2.42. The van der Waals surface area contributed by atoms with Crippen LogP contribution in [0.1, 0.15) is 44.7 Å². The Bertz CT molecular complexity index is 1860. The van der Waals surface area contributed by atoms with Crippen LogP contribution in [-0.2, 0) is 22.4 Å². The molecule has 2 amide bonds. The lowest BCUT2D eigenvalue weighted by Crippen LogP contribution is -2.52. The number of benzene rings is 2. The molecule has 9 nitrogen and oxygen atoms in total. The van der Waals surface area contributed by atoms with Crippen molar-refractivity contribution < 1.29 is 32.7 Å². The number of carboxylic acid groups (broad SMARTS) is 1. The zero-order valence-electron chi connectivity index (χ0n) is 26.0. The smallest absolute Gasteiger partial charge is 0.401 e. The third kappa shape index (κ3) is 8.55. The highest BCUT2D eigenvalue weighted by Crippen LogP contribution is 2.39. The Morgan fingerprint density at radius 2 is 1.82 bits per heavy atom. The van der Waals surface area contributed by atoms with E-state index in [0.29, 0.717) is 54.3 Å². The van der Waals surface area contributed by atoms with Gasteiger partial charge in [-0.25, -0.2) is 4.98 Å². The fraction of sp³-hybridized carbons (Fsp3) is 0.394. The number of thiazole rings is 1. The second kappa shape index (κ2) is 14.9. The number of aromatic nitrogens is 1. The molecule has 1 unspecified atom stereocenters. The van der Waals surface area contributed by atoms with Gasteiger partial charge in [0.1, 0.15) is 5.01 Å². The first-order valence-corrected chi connectivity index (χ1v) is 18.0. The third-order valence-electron chi connectivity index (χ3n) is 8.82. The number of amides is 2. The minimum absolute atomic E-state index is 0.0423. The number of likely N-dealkylation sites (tertiary alicyclic amines) is 1. The number of hydrogen-bond donors (Lipinski definition) is 2. The van der Waals surface area contributed by atoms with Crippen LogP contribution in [0.2, 0.25) is 10.0 Å². The molecule has 6 rings (SSSR count). The van der Waals surface area contributed by atoms with E-state index in [-0.39, 0.29) is 53.8 Å². The van der Waals surface area contributed by atoms with Crippen molar-refractivity contribution in [3.63, 3.8) is 0 Å². The molecule has 0 radical (unpaired) electrons. The van der Waals surface area contributed by atoms with Crippen molar-refractivity contribution in [3.8, 4) is 0 Å². The van der Waals surface area contributed by atoms with Crippen molar-refractivity contribution in [2.45, 2.75) is 43.9 Å². The number of anilines is 1. The lowest BCUT2D eigenvalue weighted by atomic mass is 10.1. The highest BCUT2D eigenvalue weighted by molar-refractivity contribution is 7.17. The van der Waals surface area contributed by atoms with Crippen LogP contribution in [0, 0.1) is 0 Å². The van der Waals surface area contributed by atoms with E-state index in [1.165, 1.54) is 33.6 Å². The molecule has 2 aliphatic heterocycles. The minimum Gasteiger partial charge on any atom is -0.481 e. The standard InChI is InChI=1S/C33H32Cl2F3N5O4S2/c34-24-14-26(40-31(47)23-17-48-28-4-2-1-3-22(23)28)25(35)11-19(24)12-29(44)43-16-20(42-9-7-41(8-10-42)18-33(36,37)38)13-27(43)32-39-15-21(49-32)5-6-30(45)46/h1-4,11,14-15,17,20,27H,5-10,12-13,16,18H2,(H,40,47)(H,45,46)/t20-,27?/m0/s1. The van der Waals surface area contributed by atoms with Gasteiger partial charge in [-0.3, -0.25) is 24.2 Å². The summed E-state index contributed by atoms with van der Waals surface area (Å²) in [6, 6.07) is 10.2. The predicted molar refractivity (Wildman–Crippen MR) is 185 cm³/mol. The number of fused-ring (bicyclic) bond motifs is 1. The van der Waals surface area contributed by atoms with Crippen LogP contribution in [0.3, 0.4) is 0 Å². The van der Waals surface area contributed by atoms with E-state index in [4.69, 9.17) is 28.3 Å². The number of thiophene rings is 1. The summed E-state index contributed by atoms with van der Waals surface area (Å²) < 4.78 is 39.9. The second-order valence-electron chi connectivity index (χ2n) is 12.1. The van der Waals surface area contributed by atoms with Gasteiger partial charge < -0.3 is 15.3 Å². The first-order valence-electron chi connectivity index (χ1n) is 15.6. The van der Waals surface area contributed by atoms with E-state index in [9.17, 15) is 27.6 Å². The number of carbonyl (C=O) groups is 3. The molecule has 0 saturated carbocycles. The zero-order valence-corrected chi connectivity index (χ0v) is 29.2. The highest BCUT2D eigenvalue weighted by atomic mass is 35.5. The molecule has 4 aromatic rings. The number of carboxylic acids is 1. The minimum atomic E-state index is -4.26. The van der Waals surface area contributed by atoms with Gasteiger partial charge in [-0.2, -0.15) is 13.2 Å². The number of nitrogens with zero attached hydrogens (tertiary/aromatic N) is 4. The molecular formula is C33H32Cl2F3N5O4S2. The molecule has 0 aliphatic carbocycles. The number of halogens is 5. The Labute approximate surface area is 298 Å². The molecule has 260 valence electrons. The Balaban J connectivity index is 1.17. The summed E-state index contributed by atoms with van der Waals surface area (Å²) in [7, 11) is 0. The van der Waals surface area contributed by atoms with Gasteiger partial charge in [-0.1, -0.05) is 41.4 Å². The molecule has 49 heavy (non-hydrogen) atoms. The van der Waals surface area contributed by atoms with E-state index in [2.05, 4.69) is 15.2 Å². The van der Waals surface area contributed by atoms with Crippen molar-refractivity contribution >= 4 is 79.4 Å². The average Bonchev–Trinajstić information content (AvgIpc) is 3.80. The Kier molecular flexibility index (Phi) is 10.8. The molecule has 2 saturated heterocycles. The number of carbonyl (C=O) groups excluding carboxylic acids is 2. The normalized spacial score (nSPS) is 19.1. The molecule has 2 aliphatic rings. The topological polar surface area (TPSA) is 106 Å². The predicted octanol–water partition coefficient (Wildman–Crippen LogP) is 7.00. The molecule has 2 aromatic carbocycles. The summed E-state index contributed by atoms with van der Waals surface area (Å²) in [5, 5.41) is 15.7. The fourth-order valence-corrected chi connectivity index (χ4v) is 8.83.